The molecule has 0 atom stereocenters. The van der Waals surface area contributed by atoms with Crippen LogP contribution in [-0.4, -0.2) is 38.0 Å². The molecule has 2 N–H and O–H groups in total. The highest BCUT2D eigenvalue weighted by Crippen LogP contribution is 2.42. The lowest BCUT2D eigenvalue weighted by atomic mass is 9.78. The Balaban J connectivity index is 1.27. The van der Waals surface area contributed by atoms with E-state index >= 15 is 0 Å². The van der Waals surface area contributed by atoms with E-state index in [0.29, 0.717) is 11.7 Å². The summed E-state index contributed by atoms with van der Waals surface area (Å²) in [4.78, 5) is 15.7. The Labute approximate surface area is 231 Å². The predicted molar refractivity (Wildman–Crippen MR) is 158 cm³/mol. The van der Waals surface area contributed by atoms with E-state index in [-0.39, 0.29) is 10.8 Å². The summed E-state index contributed by atoms with van der Waals surface area (Å²) in [6.45, 7) is 16.0. The number of hydrogen-bond acceptors (Lipinski definition) is 5. The largest absolute Gasteiger partial charge is 0.507 e. The molecule has 200 valence electrons. The number of aromatic nitrogens is 3. The number of phenolic OH excluding ortho intramolecular Hbond substituents is 1. The number of rotatable bonds is 5. The zero-order valence-electron chi connectivity index (χ0n) is 23.5. The molecule has 0 amide bonds. The highest BCUT2D eigenvalue weighted by Gasteiger charge is 2.28. The Kier molecular flexibility index (Phi) is 7.23. The highest BCUT2D eigenvalue weighted by atomic mass is 32.1. The number of phenols is 1. The monoisotopic (exact) mass is 528 g/mol. The van der Waals surface area contributed by atoms with E-state index in [0.717, 1.165) is 71.9 Å². The maximum absolute atomic E-state index is 11.1. The second-order valence-corrected chi connectivity index (χ2v) is 13.6. The average Bonchev–Trinajstić information content (AvgIpc) is 3.54. The second-order valence-electron chi connectivity index (χ2n) is 12.7. The number of likely N-dealkylation sites (tertiary alicyclic amines) is 1. The van der Waals surface area contributed by atoms with E-state index in [1.807, 2.05) is 24.4 Å². The fourth-order valence-electron chi connectivity index (χ4n) is 5.29. The van der Waals surface area contributed by atoms with Crippen LogP contribution in [0, 0.1) is 0 Å². The minimum atomic E-state index is -0.151. The average molecular weight is 529 g/mol. The van der Waals surface area contributed by atoms with Crippen molar-refractivity contribution in [3.8, 4) is 28.4 Å². The van der Waals surface area contributed by atoms with Crippen molar-refractivity contribution >= 4 is 11.3 Å². The molecular formula is C32H40N4OS. The Morgan fingerprint density at radius 2 is 1.58 bits per heavy atom. The normalized spacial score (nSPS) is 15.7. The van der Waals surface area contributed by atoms with Crippen LogP contribution < -0.4 is 0 Å². The van der Waals surface area contributed by atoms with Crippen molar-refractivity contribution in [2.24, 2.45) is 0 Å². The number of H-pyrrole nitrogens is 1. The molecule has 1 aliphatic heterocycles. The number of piperidine rings is 1. The van der Waals surface area contributed by atoms with Crippen LogP contribution in [0.4, 0.5) is 0 Å². The molecule has 1 saturated heterocycles. The van der Waals surface area contributed by atoms with Crippen LogP contribution in [0.2, 0.25) is 0 Å². The molecule has 2 aromatic heterocycles. The van der Waals surface area contributed by atoms with Crippen LogP contribution in [0.25, 0.3) is 22.6 Å². The van der Waals surface area contributed by atoms with Gasteiger partial charge in [0.1, 0.15) is 11.6 Å². The molecule has 3 heterocycles. The Bertz CT molecular complexity index is 1350. The number of thiazole rings is 1. The summed E-state index contributed by atoms with van der Waals surface area (Å²) in [6, 6.07) is 14.6. The van der Waals surface area contributed by atoms with Gasteiger partial charge in [0.2, 0.25) is 0 Å². The fraction of sp³-hybridized carbons (Fsp3) is 0.438. The Morgan fingerprint density at radius 1 is 0.947 bits per heavy atom. The van der Waals surface area contributed by atoms with Crippen molar-refractivity contribution in [3.63, 3.8) is 0 Å². The zero-order chi connectivity index (χ0) is 27.1. The van der Waals surface area contributed by atoms with E-state index in [1.54, 1.807) is 11.3 Å². The third kappa shape index (κ3) is 5.71. The summed E-state index contributed by atoms with van der Waals surface area (Å²) in [5.74, 6) is 1.85. The summed E-state index contributed by atoms with van der Waals surface area (Å²) >= 11 is 1.78. The smallest absolute Gasteiger partial charge is 0.137 e. The zero-order valence-corrected chi connectivity index (χ0v) is 24.3. The molecule has 38 heavy (non-hydrogen) atoms. The topological polar surface area (TPSA) is 65.0 Å². The van der Waals surface area contributed by atoms with Gasteiger partial charge < -0.3 is 10.1 Å². The molecule has 2 aromatic carbocycles. The van der Waals surface area contributed by atoms with E-state index in [1.165, 1.54) is 5.01 Å². The molecule has 0 spiro atoms. The predicted octanol–water partition coefficient (Wildman–Crippen LogP) is 7.88. The molecule has 0 saturated carbocycles. The second kappa shape index (κ2) is 10.3. The van der Waals surface area contributed by atoms with Gasteiger partial charge in [0.25, 0.3) is 0 Å². The van der Waals surface area contributed by atoms with Crippen LogP contribution in [0.15, 0.2) is 54.0 Å². The summed E-state index contributed by atoms with van der Waals surface area (Å²) in [5, 5.41) is 14.5. The van der Waals surface area contributed by atoms with Gasteiger partial charge >= 0.3 is 0 Å². The maximum Gasteiger partial charge on any atom is 0.137 e. The first-order valence-electron chi connectivity index (χ1n) is 13.6. The Morgan fingerprint density at radius 3 is 2.18 bits per heavy atom. The van der Waals surface area contributed by atoms with Gasteiger partial charge in [-0.1, -0.05) is 71.9 Å². The summed E-state index contributed by atoms with van der Waals surface area (Å²) in [6.07, 6.45) is 4.20. The van der Waals surface area contributed by atoms with Gasteiger partial charge in [0.05, 0.1) is 10.7 Å². The minimum Gasteiger partial charge on any atom is -0.507 e. The molecule has 1 aliphatic rings. The Hall–Kier alpha value is -2.96. The van der Waals surface area contributed by atoms with Gasteiger partial charge in [0.15, 0.2) is 0 Å². The molecule has 0 aliphatic carbocycles. The SMILES string of the molecule is CC(C)(C)c1cc(-c2csc(C3CCN(Cc4cnc(-c5ccccc5)[nH]4)CC3)n2)cc(C(C)(C)C)c1O. The molecule has 4 aromatic rings. The van der Waals surface area contributed by atoms with E-state index in [9.17, 15) is 5.11 Å². The van der Waals surface area contributed by atoms with E-state index < -0.39 is 0 Å². The lowest BCUT2D eigenvalue weighted by Gasteiger charge is -2.30. The van der Waals surface area contributed by atoms with Gasteiger partial charge in [-0.05, 0) is 48.9 Å². The van der Waals surface area contributed by atoms with Gasteiger partial charge in [-0.3, -0.25) is 4.90 Å². The van der Waals surface area contributed by atoms with Crippen molar-refractivity contribution in [2.45, 2.75) is 77.7 Å². The van der Waals surface area contributed by atoms with Gasteiger partial charge in [-0.15, -0.1) is 11.3 Å². The molecule has 0 unspecified atom stereocenters. The standard InChI is InChI=1S/C32H40N4OS/c1-31(2,3)25-16-23(17-26(28(25)37)32(4,5)6)27-20-38-30(35-27)22-12-14-36(15-13-22)19-24-18-33-29(34-24)21-10-8-7-9-11-21/h7-11,16-18,20,22,37H,12-15,19H2,1-6H3,(H,33,34). The van der Waals surface area contributed by atoms with Crippen molar-refractivity contribution in [2.75, 3.05) is 13.1 Å². The first-order valence-corrected chi connectivity index (χ1v) is 14.5. The third-order valence-corrected chi connectivity index (χ3v) is 8.56. The summed E-state index contributed by atoms with van der Waals surface area (Å²) in [5.41, 5.74) is 6.07. The fourth-order valence-corrected chi connectivity index (χ4v) is 6.29. The van der Waals surface area contributed by atoms with Gasteiger partial charge in [0, 0.05) is 52.0 Å². The number of benzene rings is 2. The highest BCUT2D eigenvalue weighted by molar-refractivity contribution is 7.10. The number of nitrogens with zero attached hydrogens (tertiary/aromatic N) is 3. The molecule has 1 fully saturated rings. The lowest BCUT2D eigenvalue weighted by Crippen LogP contribution is -2.32. The quantitative estimate of drug-likeness (QED) is 0.276. The van der Waals surface area contributed by atoms with Crippen LogP contribution in [-0.2, 0) is 17.4 Å². The first kappa shape index (κ1) is 26.6. The molecular weight excluding hydrogens is 488 g/mol. The number of hydrogen-bond donors (Lipinski definition) is 2. The van der Waals surface area contributed by atoms with Gasteiger partial charge in [-0.25, -0.2) is 9.97 Å². The van der Waals surface area contributed by atoms with Crippen LogP contribution in [0.3, 0.4) is 0 Å². The number of aromatic amines is 1. The van der Waals surface area contributed by atoms with E-state index in [2.05, 4.69) is 86.1 Å². The van der Waals surface area contributed by atoms with Crippen LogP contribution >= 0.6 is 11.3 Å². The van der Waals surface area contributed by atoms with Gasteiger partial charge in [-0.2, -0.15) is 0 Å². The van der Waals surface area contributed by atoms with Crippen molar-refractivity contribution in [3.05, 3.63) is 75.9 Å². The van der Waals surface area contributed by atoms with Crippen molar-refractivity contribution in [1.29, 1.82) is 0 Å². The molecule has 0 radical (unpaired) electrons. The lowest BCUT2D eigenvalue weighted by molar-refractivity contribution is 0.202. The maximum atomic E-state index is 11.1. The minimum absolute atomic E-state index is 0.151. The number of nitrogens with one attached hydrogen (secondary N) is 1. The molecule has 5 nitrogen and oxygen atoms in total. The van der Waals surface area contributed by atoms with Crippen LogP contribution in [0.1, 0.15) is 82.1 Å². The first-order chi connectivity index (χ1) is 18.0. The number of aromatic hydroxyl groups is 1. The van der Waals surface area contributed by atoms with Crippen LogP contribution in [0.5, 0.6) is 5.75 Å². The van der Waals surface area contributed by atoms with Crippen molar-refractivity contribution < 1.29 is 5.11 Å². The summed E-state index contributed by atoms with van der Waals surface area (Å²) in [7, 11) is 0. The van der Waals surface area contributed by atoms with Crippen molar-refractivity contribution in [1.82, 2.24) is 19.9 Å². The van der Waals surface area contributed by atoms with E-state index in [4.69, 9.17) is 4.98 Å². The number of imidazole rings is 1. The molecule has 6 heteroatoms. The molecule has 0 bridgehead atoms. The third-order valence-electron chi connectivity index (χ3n) is 7.55. The summed E-state index contributed by atoms with van der Waals surface area (Å²) < 4.78 is 0. The molecule has 5 rings (SSSR count).